The van der Waals surface area contributed by atoms with Crippen molar-refractivity contribution in [3.63, 3.8) is 0 Å². The van der Waals surface area contributed by atoms with Crippen LogP contribution >= 0.6 is 23.2 Å². The third-order valence-electron chi connectivity index (χ3n) is 4.34. The number of morpholine rings is 1. The van der Waals surface area contributed by atoms with Gasteiger partial charge in [-0.25, -0.2) is 17.6 Å². The zero-order valence-corrected chi connectivity index (χ0v) is 17.8. The van der Waals surface area contributed by atoms with Gasteiger partial charge in [0.15, 0.2) is 6.61 Å². The Balaban J connectivity index is 1.82. The molecule has 7 nitrogen and oxygen atoms in total. The highest BCUT2D eigenvalue weighted by Crippen LogP contribution is 2.31. The lowest BCUT2D eigenvalue weighted by Gasteiger charge is -2.26. The van der Waals surface area contributed by atoms with Crippen LogP contribution in [0.15, 0.2) is 41.3 Å². The van der Waals surface area contributed by atoms with E-state index in [9.17, 15) is 22.4 Å². The molecule has 2 aromatic rings. The van der Waals surface area contributed by atoms with Crippen LogP contribution in [0.3, 0.4) is 0 Å². The number of nitrogens with zero attached hydrogens (tertiary/aromatic N) is 1. The van der Waals surface area contributed by atoms with Gasteiger partial charge in [-0.2, -0.15) is 4.31 Å². The van der Waals surface area contributed by atoms with E-state index in [0.29, 0.717) is 0 Å². The SMILES string of the molecule is O=C(COC(=O)c1cc(S(=O)(=O)N2CCOCC2)c(Cl)cc1Cl)c1ccccc1F. The maximum atomic E-state index is 13.7. The van der Waals surface area contributed by atoms with Crippen molar-refractivity contribution in [2.24, 2.45) is 0 Å². The van der Waals surface area contributed by atoms with Crippen LogP contribution in [0.5, 0.6) is 0 Å². The summed E-state index contributed by atoms with van der Waals surface area (Å²) < 4.78 is 50.7. The van der Waals surface area contributed by atoms with Crippen LogP contribution in [0, 0.1) is 5.82 Å². The molecular formula is C19H16Cl2FNO6S. The first-order chi connectivity index (χ1) is 14.2. The highest BCUT2D eigenvalue weighted by molar-refractivity contribution is 7.89. The van der Waals surface area contributed by atoms with Crippen LogP contribution in [0.4, 0.5) is 4.39 Å². The Labute approximate surface area is 182 Å². The third kappa shape index (κ3) is 4.81. The van der Waals surface area contributed by atoms with Crippen LogP contribution in [-0.4, -0.2) is 57.4 Å². The summed E-state index contributed by atoms with van der Waals surface area (Å²) in [5, 5.41) is -0.310. The normalized spacial score (nSPS) is 15.0. The number of hydrogen-bond donors (Lipinski definition) is 0. The predicted molar refractivity (Wildman–Crippen MR) is 107 cm³/mol. The molecule has 0 bridgehead atoms. The highest BCUT2D eigenvalue weighted by atomic mass is 35.5. The average molecular weight is 476 g/mol. The zero-order chi connectivity index (χ0) is 21.9. The van der Waals surface area contributed by atoms with Crippen molar-refractivity contribution < 1.29 is 31.9 Å². The molecule has 2 aromatic carbocycles. The van der Waals surface area contributed by atoms with Gasteiger partial charge in [0, 0.05) is 13.1 Å². The van der Waals surface area contributed by atoms with Gasteiger partial charge < -0.3 is 9.47 Å². The second-order valence-electron chi connectivity index (χ2n) is 6.26. The molecule has 1 heterocycles. The van der Waals surface area contributed by atoms with Crippen LogP contribution < -0.4 is 0 Å². The summed E-state index contributed by atoms with van der Waals surface area (Å²) in [6, 6.07) is 7.37. The number of esters is 1. The zero-order valence-electron chi connectivity index (χ0n) is 15.4. The van der Waals surface area contributed by atoms with Crippen molar-refractivity contribution in [3.8, 4) is 0 Å². The van der Waals surface area contributed by atoms with E-state index in [1.165, 1.54) is 22.5 Å². The molecule has 0 spiro atoms. The second-order valence-corrected chi connectivity index (χ2v) is 8.98. The number of carbonyl (C=O) groups excluding carboxylic acids is 2. The molecule has 160 valence electrons. The Bertz CT molecular complexity index is 1090. The summed E-state index contributed by atoms with van der Waals surface area (Å²) >= 11 is 12.1. The van der Waals surface area contributed by atoms with E-state index in [1.54, 1.807) is 0 Å². The van der Waals surface area contributed by atoms with Gasteiger partial charge in [-0.1, -0.05) is 35.3 Å². The van der Waals surface area contributed by atoms with E-state index in [2.05, 4.69) is 0 Å². The molecule has 0 unspecified atom stereocenters. The van der Waals surface area contributed by atoms with Gasteiger partial charge in [-0.15, -0.1) is 0 Å². The molecule has 1 aliphatic heterocycles. The summed E-state index contributed by atoms with van der Waals surface area (Å²) in [5.74, 6) is -2.55. The second kappa shape index (κ2) is 9.40. The van der Waals surface area contributed by atoms with E-state index in [1.807, 2.05) is 0 Å². The fourth-order valence-corrected chi connectivity index (χ4v) is 5.02. The van der Waals surface area contributed by atoms with E-state index in [0.717, 1.165) is 18.2 Å². The average Bonchev–Trinajstić information content (AvgIpc) is 2.72. The minimum Gasteiger partial charge on any atom is -0.454 e. The molecule has 30 heavy (non-hydrogen) atoms. The van der Waals surface area contributed by atoms with Crippen LogP contribution in [-0.2, 0) is 19.5 Å². The largest absolute Gasteiger partial charge is 0.454 e. The molecular weight excluding hydrogens is 460 g/mol. The van der Waals surface area contributed by atoms with Crippen molar-refractivity contribution in [3.05, 3.63) is 63.4 Å². The number of benzene rings is 2. The fraction of sp³-hybridized carbons (Fsp3) is 0.263. The fourth-order valence-electron chi connectivity index (χ4n) is 2.78. The number of hydrogen-bond acceptors (Lipinski definition) is 6. The molecule has 0 atom stereocenters. The molecule has 1 saturated heterocycles. The first kappa shape index (κ1) is 22.6. The van der Waals surface area contributed by atoms with E-state index in [-0.39, 0.29) is 52.4 Å². The number of rotatable bonds is 6. The van der Waals surface area contributed by atoms with Crippen LogP contribution in [0.25, 0.3) is 0 Å². The molecule has 0 aliphatic carbocycles. The van der Waals surface area contributed by atoms with Gasteiger partial charge in [0.25, 0.3) is 0 Å². The number of ether oxygens (including phenoxy) is 2. The Morgan fingerprint density at radius 2 is 1.73 bits per heavy atom. The monoisotopic (exact) mass is 475 g/mol. The lowest BCUT2D eigenvalue weighted by atomic mass is 10.1. The van der Waals surface area contributed by atoms with Gasteiger partial charge in [-0.3, -0.25) is 4.79 Å². The van der Waals surface area contributed by atoms with Crippen molar-refractivity contribution in [1.29, 1.82) is 0 Å². The minimum atomic E-state index is -4.01. The first-order valence-corrected chi connectivity index (χ1v) is 10.9. The Morgan fingerprint density at radius 3 is 2.40 bits per heavy atom. The number of ketones is 1. The molecule has 0 saturated carbocycles. The Morgan fingerprint density at radius 1 is 1.07 bits per heavy atom. The highest BCUT2D eigenvalue weighted by Gasteiger charge is 2.30. The Kier molecular flexibility index (Phi) is 7.10. The van der Waals surface area contributed by atoms with Gasteiger partial charge in [0.1, 0.15) is 10.7 Å². The number of Topliss-reactive ketones (excluding diaryl/α,β-unsaturated/α-hetero) is 1. The lowest BCUT2D eigenvalue weighted by molar-refractivity contribution is 0.0473. The quantitative estimate of drug-likeness (QED) is 0.470. The summed E-state index contributed by atoms with van der Waals surface area (Å²) in [6.45, 7) is -0.00429. The minimum absolute atomic E-state index is 0.137. The van der Waals surface area contributed by atoms with Gasteiger partial charge >= 0.3 is 5.97 Å². The maximum Gasteiger partial charge on any atom is 0.340 e. The molecule has 0 radical (unpaired) electrons. The standard InChI is InChI=1S/C19H16Cl2FNO6S/c20-14-10-15(21)18(30(26,27)23-5-7-28-8-6-23)9-13(14)19(25)29-11-17(24)12-3-1-2-4-16(12)22/h1-4,9-10H,5-8,11H2. The van der Waals surface area contributed by atoms with Gasteiger partial charge in [-0.05, 0) is 24.3 Å². The predicted octanol–water partition coefficient (Wildman–Crippen LogP) is 3.19. The third-order valence-corrected chi connectivity index (χ3v) is 7.01. The number of carbonyl (C=O) groups is 2. The van der Waals surface area contributed by atoms with E-state index < -0.39 is 34.2 Å². The summed E-state index contributed by atoms with van der Waals surface area (Å²) in [6.07, 6.45) is 0. The molecule has 3 rings (SSSR count). The van der Waals surface area contributed by atoms with Crippen molar-refractivity contribution in [2.75, 3.05) is 32.9 Å². The summed E-state index contributed by atoms with van der Waals surface area (Å²) in [4.78, 5) is 24.2. The molecule has 11 heteroatoms. The molecule has 0 aromatic heterocycles. The van der Waals surface area contributed by atoms with Crippen LogP contribution in [0.1, 0.15) is 20.7 Å². The van der Waals surface area contributed by atoms with Gasteiger partial charge in [0.2, 0.25) is 15.8 Å². The van der Waals surface area contributed by atoms with Crippen molar-refractivity contribution in [2.45, 2.75) is 4.90 Å². The van der Waals surface area contributed by atoms with Crippen molar-refractivity contribution in [1.82, 2.24) is 4.31 Å². The molecule has 0 N–H and O–H groups in total. The van der Waals surface area contributed by atoms with E-state index >= 15 is 0 Å². The van der Waals surface area contributed by atoms with Crippen molar-refractivity contribution >= 4 is 45.0 Å². The maximum absolute atomic E-state index is 13.7. The molecule has 1 aliphatic rings. The summed E-state index contributed by atoms with van der Waals surface area (Å²) in [5.41, 5.74) is -0.516. The first-order valence-electron chi connectivity index (χ1n) is 8.73. The molecule has 0 amide bonds. The van der Waals surface area contributed by atoms with E-state index in [4.69, 9.17) is 32.7 Å². The number of halogens is 3. The van der Waals surface area contributed by atoms with Gasteiger partial charge in [0.05, 0.1) is 34.4 Å². The lowest BCUT2D eigenvalue weighted by Crippen LogP contribution is -2.40. The smallest absolute Gasteiger partial charge is 0.340 e. The summed E-state index contributed by atoms with van der Waals surface area (Å²) in [7, 11) is -4.01. The molecule has 1 fully saturated rings. The Hall–Kier alpha value is -2.04. The topological polar surface area (TPSA) is 90.0 Å². The van der Waals surface area contributed by atoms with Crippen LogP contribution in [0.2, 0.25) is 10.0 Å². The number of sulfonamides is 1.